The van der Waals surface area contributed by atoms with Gasteiger partial charge < -0.3 is 16.0 Å². The number of likely N-dealkylation sites (tertiary alicyclic amines) is 1. The van der Waals surface area contributed by atoms with Crippen LogP contribution in [0, 0.1) is 0 Å². The molecule has 1 aromatic heterocycles. The number of amides is 2. The lowest BCUT2D eigenvalue weighted by Gasteiger charge is -2.16. The predicted octanol–water partition coefficient (Wildman–Crippen LogP) is 4.91. The zero-order valence-electron chi connectivity index (χ0n) is 19.3. The van der Waals surface area contributed by atoms with Crippen LogP contribution in [0.1, 0.15) is 24.0 Å². The largest absolute Gasteiger partial charge is 0.397 e. The molecule has 0 aliphatic carbocycles. The van der Waals surface area contributed by atoms with Crippen molar-refractivity contribution in [2.75, 3.05) is 32.2 Å². The molecule has 0 bridgehead atoms. The summed E-state index contributed by atoms with van der Waals surface area (Å²) in [4.78, 5) is 28.1. The number of imide groups is 1. The highest BCUT2D eigenvalue weighted by Gasteiger charge is 2.28. The van der Waals surface area contributed by atoms with Crippen molar-refractivity contribution in [1.82, 2.24) is 9.80 Å². The zero-order valence-corrected chi connectivity index (χ0v) is 20.1. The average molecular weight is 463 g/mol. The average Bonchev–Trinajstić information content (AvgIpc) is 3.42. The summed E-state index contributed by atoms with van der Waals surface area (Å²) in [5.41, 5.74) is 11.2. The van der Waals surface area contributed by atoms with Crippen LogP contribution >= 0.6 is 11.3 Å². The van der Waals surface area contributed by atoms with E-state index in [1.807, 2.05) is 80.0 Å². The number of nitrogens with zero attached hydrogens (tertiary/aromatic N) is 2. The number of hydrogen-bond acceptors (Lipinski definition) is 6. The van der Waals surface area contributed by atoms with Crippen molar-refractivity contribution in [2.45, 2.75) is 19.4 Å². The molecule has 3 N–H and O–H groups in total. The van der Waals surface area contributed by atoms with E-state index in [1.165, 1.54) is 9.78 Å². The van der Waals surface area contributed by atoms with Crippen molar-refractivity contribution in [3.05, 3.63) is 77.7 Å². The Labute approximate surface area is 199 Å². The summed E-state index contributed by atoms with van der Waals surface area (Å²) < 4.78 is 0. The molecular formula is C26H30N4O2S. The molecule has 6 nitrogen and oxygen atoms in total. The summed E-state index contributed by atoms with van der Waals surface area (Å²) in [7, 11) is 6.00. The molecule has 4 rings (SSSR count). The van der Waals surface area contributed by atoms with Gasteiger partial charge in [-0.05, 0) is 61.4 Å². The second-order valence-electron chi connectivity index (χ2n) is 8.30. The summed E-state index contributed by atoms with van der Waals surface area (Å²) in [5.74, 6) is -0.211. The van der Waals surface area contributed by atoms with Crippen molar-refractivity contribution < 1.29 is 9.59 Å². The SMILES string of the molecule is C=C(Nc1cc(-c2cccs2)ccc1N)c1ccc(CN2C(=O)CCC2=O)cc1.CN(C)C. The summed E-state index contributed by atoms with van der Waals surface area (Å²) in [6, 6.07) is 17.7. The summed E-state index contributed by atoms with van der Waals surface area (Å²) in [6.07, 6.45) is 0.618. The van der Waals surface area contributed by atoms with Crippen molar-refractivity contribution in [2.24, 2.45) is 0 Å². The summed E-state index contributed by atoms with van der Waals surface area (Å²) in [5, 5.41) is 5.35. The van der Waals surface area contributed by atoms with Crippen LogP contribution < -0.4 is 11.1 Å². The number of anilines is 2. The topological polar surface area (TPSA) is 78.7 Å². The van der Waals surface area contributed by atoms with Gasteiger partial charge in [-0.25, -0.2) is 0 Å². The number of benzene rings is 2. The van der Waals surface area contributed by atoms with E-state index in [0.717, 1.165) is 28.1 Å². The second kappa shape index (κ2) is 10.9. The van der Waals surface area contributed by atoms with Crippen LogP contribution in [-0.4, -0.2) is 42.8 Å². The Morgan fingerprint density at radius 1 is 1.06 bits per heavy atom. The molecule has 172 valence electrons. The van der Waals surface area contributed by atoms with Crippen molar-refractivity contribution in [3.63, 3.8) is 0 Å². The van der Waals surface area contributed by atoms with E-state index >= 15 is 0 Å². The minimum Gasteiger partial charge on any atom is -0.397 e. The molecule has 33 heavy (non-hydrogen) atoms. The van der Waals surface area contributed by atoms with E-state index in [0.29, 0.717) is 25.1 Å². The molecule has 0 spiro atoms. The normalized spacial score (nSPS) is 13.2. The van der Waals surface area contributed by atoms with Gasteiger partial charge in [-0.2, -0.15) is 0 Å². The molecule has 0 atom stereocenters. The van der Waals surface area contributed by atoms with Crippen LogP contribution in [0.3, 0.4) is 0 Å². The van der Waals surface area contributed by atoms with Crippen LogP contribution in [0.4, 0.5) is 11.4 Å². The minimum atomic E-state index is -0.105. The Bertz CT molecular complexity index is 1100. The Morgan fingerprint density at radius 3 is 2.27 bits per heavy atom. The van der Waals surface area contributed by atoms with Crippen LogP contribution in [-0.2, 0) is 16.1 Å². The monoisotopic (exact) mass is 462 g/mol. The van der Waals surface area contributed by atoms with Crippen LogP contribution in [0.15, 0.2) is 66.6 Å². The highest BCUT2D eigenvalue weighted by Crippen LogP contribution is 2.31. The minimum absolute atomic E-state index is 0.105. The van der Waals surface area contributed by atoms with E-state index in [2.05, 4.69) is 18.0 Å². The third-order valence-corrected chi connectivity index (χ3v) is 5.86. The standard InChI is InChI=1S/C23H21N3O2S.C3H9N/c1-15(25-20-13-18(8-9-19(20)24)21-3-2-12-29-21)17-6-4-16(5-7-17)14-26-22(27)10-11-23(26)28;1-4(2)3/h2-9,12-13,25H,1,10-11,14,24H2;1-3H3. The highest BCUT2D eigenvalue weighted by atomic mass is 32.1. The first-order chi connectivity index (χ1) is 15.7. The lowest BCUT2D eigenvalue weighted by molar-refractivity contribution is -0.139. The van der Waals surface area contributed by atoms with Crippen molar-refractivity contribution in [1.29, 1.82) is 0 Å². The number of hydrogen-bond donors (Lipinski definition) is 2. The Hall–Kier alpha value is -3.42. The molecule has 0 saturated carbocycles. The third-order valence-electron chi connectivity index (χ3n) is 4.94. The van der Waals surface area contributed by atoms with Gasteiger partial charge in [-0.15, -0.1) is 11.3 Å². The molecule has 1 aliphatic heterocycles. The Balaban J connectivity index is 0.000000709. The molecule has 0 radical (unpaired) electrons. The van der Waals surface area contributed by atoms with E-state index in [9.17, 15) is 9.59 Å². The second-order valence-corrected chi connectivity index (χ2v) is 9.24. The van der Waals surface area contributed by atoms with Crippen LogP contribution in [0.25, 0.3) is 16.1 Å². The maximum absolute atomic E-state index is 11.8. The molecule has 7 heteroatoms. The number of carbonyl (C=O) groups excluding carboxylic acids is 2. The molecular weight excluding hydrogens is 432 g/mol. The van der Waals surface area contributed by atoms with Gasteiger partial charge in [0.25, 0.3) is 0 Å². The molecule has 1 aliphatic rings. The molecule has 2 heterocycles. The molecule has 2 amide bonds. The van der Waals surface area contributed by atoms with Crippen molar-refractivity contribution in [3.8, 4) is 10.4 Å². The predicted molar refractivity (Wildman–Crippen MR) is 138 cm³/mol. The van der Waals surface area contributed by atoms with Gasteiger partial charge in [-0.3, -0.25) is 14.5 Å². The van der Waals surface area contributed by atoms with E-state index < -0.39 is 0 Å². The molecule has 3 aromatic rings. The van der Waals surface area contributed by atoms with Gasteiger partial charge in [0.05, 0.1) is 17.9 Å². The van der Waals surface area contributed by atoms with Crippen molar-refractivity contribution >= 4 is 40.2 Å². The van der Waals surface area contributed by atoms with Gasteiger partial charge in [0.2, 0.25) is 11.8 Å². The Kier molecular flexibility index (Phi) is 8.03. The first kappa shape index (κ1) is 24.2. The highest BCUT2D eigenvalue weighted by molar-refractivity contribution is 7.13. The molecule has 2 aromatic carbocycles. The first-order valence-corrected chi connectivity index (χ1v) is 11.6. The van der Waals surface area contributed by atoms with Gasteiger partial charge in [-0.1, -0.05) is 43.0 Å². The summed E-state index contributed by atoms with van der Waals surface area (Å²) in [6.45, 7) is 4.44. The third kappa shape index (κ3) is 6.54. The van der Waals surface area contributed by atoms with Gasteiger partial charge in [0, 0.05) is 23.4 Å². The fourth-order valence-corrected chi connectivity index (χ4v) is 4.01. The van der Waals surface area contributed by atoms with E-state index in [4.69, 9.17) is 5.73 Å². The lowest BCUT2D eigenvalue weighted by Crippen LogP contribution is -2.28. The quantitative estimate of drug-likeness (QED) is 0.402. The number of thiophene rings is 1. The fraction of sp³-hybridized carbons (Fsp3) is 0.231. The number of nitrogen functional groups attached to an aromatic ring is 1. The van der Waals surface area contributed by atoms with Gasteiger partial charge >= 0.3 is 0 Å². The van der Waals surface area contributed by atoms with Crippen LogP contribution in [0.2, 0.25) is 0 Å². The Morgan fingerprint density at radius 2 is 1.70 bits per heavy atom. The molecule has 1 fully saturated rings. The number of carbonyl (C=O) groups is 2. The molecule has 1 saturated heterocycles. The van der Waals surface area contributed by atoms with E-state index in [1.54, 1.807) is 11.3 Å². The number of nitrogens with one attached hydrogen (secondary N) is 1. The maximum Gasteiger partial charge on any atom is 0.229 e. The lowest BCUT2D eigenvalue weighted by atomic mass is 10.1. The van der Waals surface area contributed by atoms with E-state index in [-0.39, 0.29) is 11.8 Å². The number of rotatable bonds is 6. The molecule has 0 unspecified atom stereocenters. The summed E-state index contributed by atoms with van der Waals surface area (Å²) >= 11 is 1.68. The maximum atomic E-state index is 11.8. The smallest absolute Gasteiger partial charge is 0.229 e. The number of nitrogens with two attached hydrogens (primary N) is 1. The van der Waals surface area contributed by atoms with Crippen LogP contribution in [0.5, 0.6) is 0 Å². The fourth-order valence-electron chi connectivity index (χ4n) is 3.29. The van der Waals surface area contributed by atoms with Gasteiger partial charge in [0.1, 0.15) is 0 Å². The zero-order chi connectivity index (χ0) is 24.0. The first-order valence-electron chi connectivity index (χ1n) is 10.7. The van der Waals surface area contributed by atoms with Gasteiger partial charge in [0.15, 0.2) is 0 Å².